The van der Waals surface area contributed by atoms with Gasteiger partial charge in [0.25, 0.3) is 0 Å². The van der Waals surface area contributed by atoms with Crippen molar-refractivity contribution in [1.29, 1.82) is 0 Å². The first kappa shape index (κ1) is 25.1. The Morgan fingerprint density at radius 2 is 2.06 bits per heavy atom. The van der Waals surface area contributed by atoms with Crippen LogP contribution in [-0.4, -0.2) is 56.7 Å². The lowest BCUT2D eigenvalue weighted by Crippen LogP contribution is -2.24. The summed E-state index contributed by atoms with van der Waals surface area (Å²) < 4.78 is 42.6. The molecule has 3 heterocycles. The van der Waals surface area contributed by atoms with Gasteiger partial charge in [-0.3, -0.25) is 9.58 Å². The number of thiazole rings is 1. The smallest absolute Gasteiger partial charge is 0.573 e. The molecular weight excluding hydrogens is 483 g/mol. The van der Waals surface area contributed by atoms with E-state index in [1.54, 1.807) is 12.1 Å². The van der Waals surface area contributed by atoms with E-state index in [-0.39, 0.29) is 11.4 Å². The molecule has 2 fully saturated rings. The fraction of sp³-hybridized carbons (Fsp3) is 0.435. The lowest BCUT2D eigenvalue weighted by atomic mass is 10.2. The molecule has 2 unspecified atom stereocenters. The quantitative estimate of drug-likeness (QED) is 0.484. The topological polar surface area (TPSA) is 94.6 Å². The van der Waals surface area contributed by atoms with Gasteiger partial charge in [-0.2, -0.15) is 5.10 Å². The average molecular weight is 509 g/mol. The van der Waals surface area contributed by atoms with E-state index in [1.807, 2.05) is 24.1 Å². The standard InChI is InChI=1S/C19H22F3N4O.C4H3NO2S/c1-25-9-14(7-24-25)10-26-11-17-16(18(17)12-26)8-23-6-13-3-2-4-15(5-13)27-19(20,21)22;6-4(7)3-1-8-2-5-3/h2-5,7,9,16-18H,6,8,10-12H2,1H3;1-2H,(H,6,7)/q-1;. The number of aromatic carboxylic acids is 1. The number of nitrogens with zero attached hydrogens (tertiary/aromatic N) is 5. The third-order valence-electron chi connectivity index (χ3n) is 6.03. The van der Waals surface area contributed by atoms with E-state index >= 15 is 0 Å². The van der Waals surface area contributed by atoms with Crippen LogP contribution in [0.1, 0.15) is 21.6 Å². The Kier molecular flexibility index (Phi) is 7.72. The van der Waals surface area contributed by atoms with E-state index in [0.717, 1.165) is 31.7 Å². The Balaban J connectivity index is 0.000000308. The molecule has 1 aliphatic carbocycles. The van der Waals surface area contributed by atoms with Crippen molar-refractivity contribution in [3.63, 3.8) is 0 Å². The number of benzene rings is 1. The van der Waals surface area contributed by atoms with Gasteiger partial charge in [0.05, 0.1) is 11.7 Å². The van der Waals surface area contributed by atoms with Gasteiger partial charge in [-0.15, -0.1) is 37.6 Å². The number of carbonyl (C=O) groups is 1. The van der Waals surface area contributed by atoms with Crippen LogP contribution in [0.15, 0.2) is 47.5 Å². The highest BCUT2D eigenvalue weighted by Crippen LogP contribution is 2.52. The summed E-state index contributed by atoms with van der Waals surface area (Å²) in [6.45, 7) is 4.32. The highest BCUT2D eigenvalue weighted by Gasteiger charge is 2.53. The summed E-state index contributed by atoms with van der Waals surface area (Å²) in [5, 5.41) is 18.5. The molecule has 188 valence electrons. The van der Waals surface area contributed by atoms with Crippen LogP contribution in [-0.2, 0) is 20.1 Å². The molecule has 1 saturated carbocycles. The highest BCUT2D eigenvalue weighted by atomic mass is 32.1. The van der Waals surface area contributed by atoms with E-state index in [9.17, 15) is 18.0 Å². The van der Waals surface area contributed by atoms with E-state index in [2.05, 4.69) is 25.0 Å². The maximum atomic E-state index is 12.3. The van der Waals surface area contributed by atoms with Crippen LogP contribution in [0.2, 0.25) is 0 Å². The van der Waals surface area contributed by atoms with Gasteiger partial charge in [-0.05, 0) is 24.0 Å². The predicted molar refractivity (Wildman–Crippen MR) is 123 cm³/mol. The number of hydrogen-bond donors (Lipinski definition) is 1. The van der Waals surface area contributed by atoms with Crippen LogP contribution in [0.4, 0.5) is 13.2 Å². The van der Waals surface area contributed by atoms with Crippen LogP contribution < -0.4 is 4.74 Å². The Morgan fingerprint density at radius 3 is 2.63 bits per heavy atom. The number of aromatic nitrogens is 3. The molecule has 1 N–H and O–H groups in total. The van der Waals surface area contributed by atoms with E-state index in [4.69, 9.17) is 5.11 Å². The predicted octanol–water partition coefficient (Wildman–Crippen LogP) is 4.41. The molecule has 2 aromatic heterocycles. The van der Waals surface area contributed by atoms with Gasteiger partial charge in [0.1, 0.15) is 5.75 Å². The maximum Gasteiger partial charge on any atom is 0.573 e. The number of carboxylic acids is 1. The number of aryl methyl sites for hydroxylation is 1. The Labute approximate surface area is 204 Å². The number of hydrogen-bond acceptors (Lipinski definition) is 6. The molecule has 1 saturated heterocycles. The summed E-state index contributed by atoms with van der Waals surface area (Å²) in [4.78, 5) is 16.0. The first-order valence-corrected chi connectivity index (χ1v) is 11.9. The normalized spacial score (nSPS) is 21.2. The van der Waals surface area contributed by atoms with Crippen molar-refractivity contribution >= 4 is 17.3 Å². The average Bonchev–Trinajstić information content (AvgIpc) is 3.29. The molecule has 1 aromatic carbocycles. The van der Waals surface area contributed by atoms with Crippen molar-refractivity contribution in [2.24, 2.45) is 24.8 Å². The van der Waals surface area contributed by atoms with Gasteiger partial charge in [-0.25, -0.2) is 9.78 Å². The molecule has 2 aliphatic rings. The van der Waals surface area contributed by atoms with Crippen LogP contribution >= 0.6 is 11.3 Å². The third kappa shape index (κ3) is 7.26. The van der Waals surface area contributed by atoms with Crippen molar-refractivity contribution in [1.82, 2.24) is 19.7 Å². The molecule has 12 heteroatoms. The molecule has 0 radical (unpaired) electrons. The molecule has 0 spiro atoms. The summed E-state index contributed by atoms with van der Waals surface area (Å²) in [5.41, 5.74) is 3.58. The zero-order valence-corrected chi connectivity index (χ0v) is 19.7. The van der Waals surface area contributed by atoms with Crippen molar-refractivity contribution in [2.75, 3.05) is 19.6 Å². The summed E-state index contributed by atoms with van der Waals surface area (Å²) in [6, 6.07) is 6.05. The Bertz CT molecular complexity index is 1110. The molecule has 0 amide bonds. The molecule has 5 rings (SSSR count). The van der Waals surface area contributed by atoms with Gasteiger partial charge in [-0.1, -0.05) is 23.6 Å². The highest BCUT2D eigenvalue weighted by molar-refractivity contribution is 7.07. The number of fused-ring (bicyclic) bond motifs is 1. The molecule has 2 atom stereocenters. The van der Waals surface area contributed by atoms with Crippen LogP contribution in [0.5, 0.6) is 5.75 Å². The minimum atomic E-state index is -4.66. The second-order valence-electron chi connectivity index (χ2n) is 8.65. The SMILES string of the molecule is Cn1cc(CN2CC3C(C[N-]Cc4cccc(OC(F)(F)F)c4)C3C2)cn1.O=C(O)c1cscn1. The number of alkyl halides is 3. The summed E-state index contributed by atoms with van der Waals surface area (Å²) in [7, 11) is 1.92. The molecule has 8 nitrogen and oxygen atoms in total. The second-order valence-corrected chi connectivity index (χ2v) is 9.36. The van der Waals surface area contributed by atoms with E-state index in [1.165, 1.54) is 39.9 Å². The molecule has 0 bridgehead atoms. The van der Waals surface area contributed by atoms with E-state index < -0.39 is 12.3 Å². The van der Waals surface area contributed by atoms with Crippen LogP contribution in [0, 0.1) is 17.8 Å². The Morgan fingerprint density at radius 1 is 1.29 bits per heavy atom. The molecule has 3 aromatic rings. The second kappa shape index (κ2) is 10.8. The van der Waals surface area contributed by atoms with Gasteiger partial charge >= 0.3 is 12.3 Å². The summed E-state index contributed by atoms with van der Waals surface area (Å²) in [5.74, 6) is 0.858. The number of likely N-dealkylation sites (tertiary alicyclic amines) is 1. The lowest BCUT2D eigenvalue weighted by Gasteiger charge is -2.24. The zero-order valence-electron chi connectivity index (χ0n) is 18.9. The fourth-order valence-corrected chi connectivity index (χ4v) is 4.98. The van der Waals surface area contributed by atoms with Crippen molar-refractivity contribution in [3.05, 3.63) is 69.7 Å². The summed E-state index contributed by atoms with van der Waals surface area (Å²) in [6.07, 6.45) is -0.705. The van der Waals surface area contributed by atoms with Crippen LogP contribution in [0.3, 0.4) is 0 Å². The number of carboxylic acid groups (broad SMARTS) is 1. The fourth-order valence-electron chi connectivity index (χ4n) is 4.45. The van der Waals surface area contributed by atoms with Crippen molar-refractivity contribution < 1.29 is 27.8 Å². The first-order chi connectivity index (χ1) is 16.7. The molecule has 1 aliphatic heterocycles. The molecule has 35 heavy (non-hydrogen) atoms. The zero-order chi connectivity index (χ0) is 25.0. The number of rotatable bonds is 8. The number of piperidine rings is 1. The lowest BCUT2D eigenvalue weighted by molar-refractivity contribution is -0.274. The molecular formula is C23H25F3N5O3S-. The monoisotopic (exact) mass is 508 g/mol. The largest absolute Gasteiger partial charge is 0.658 e. The Hall–Kier alpha value is -2.96. The van der Waals surface area contributed by atoms with Crippen LogP contribution in [0.25, 0.3) is 5.32 Å². The maximum absolute atomic E-state index is 12.3. The minimum Gasteiger partial charge on any atom is -0.658 e. The van der Waals surface area contributed by atoms with Crippen molar-refractivity contribution in [3.8, 4) is 5.75 Å². The van der Waals surface area contributed by atoms with Crippen molar-refractivity contribution in [2.45, 2.75) is 19.5 Å². The summed E-state index contributed by atoms with van der Waals surface area (Å²) >= 11 is 1.28. The third-order valence-corrected chi connectivity index (χ3v) is 6.62. The first-order valence-electron chi connectivity index (χ1n) is 11.0. The number of ether oxygens (including phenoxy) is 1. The number of halogens is 3. The van der Waals surface area contributed by atoms with Gasteiger partial charge in [0.15, 0.2) is 5.69 Å². The van der Waals surface area contributed by atoms with Gasteiger partial charge < -0.3 is 15.2 Å². The van der Waals surface area contributed by atoms with Gasteiger partial charge in [0.2, 0.25) is 0 Å². The van der Waals surface area contributed by atoms with E-state index in [0.29, 0.717) is 24.3 Å². The minimum absolute atomic E-state index is 0.120. The van der Waals surface area contributed by atoms with Gasteiger partial charge in [0, 0.05) is 43.8 Å².